The predicted octanol–water partition coefficient (Wildman–Crippen LogP) is 0.725. The van der Waals surface area contributed by atoms with Gasteiger partial charge in [-0.15, -0.1) is 0 Å². The summed E-state index contributed by atoms with van der Waals surface area (Å²) in [7, 11) is 0. The van der Waals surface area contributed by atoms with Gasteiger partial charge in [-0.2, -0.15) is 5.10 Å². The molecule has 1 atom stereocenters. The molecule has 2 amide bonds. The molecule has 7 nitrogen and oxygen atoms in total. The monoisotopic (exact) mass is 330 g/mol. The molecule has 3 N–H and O–H groups in total. The van der Waals surface area contributed by atoms with Gasteiger partial charge in [0.1, 0.15) is 0 Å². The van der Waals surface area contributed by atoms with Gasteiger partial charge < -0.3 is 15.7 Å². The maximum absolute atomic E-state index is 12.6. The highest BCUT2D eigenvalue weighted by atomic mass is 16.3. The second-order valence-electron chi connectivity index (χ2n) is 6.48. The van der Waals surface area contributed by atoms with E-state index in [4.69, 9.17) is 5.73 Å². The number of anilines is 1. The Labute approximate surface area is 140 Å². The number of carbonyl (C=O) groups is 2. The maximum atomic E-state index is 12.6. The van der Waals surface area contributed by atoms with E-state index in [1.54, 1.807) is 12.1 Å². The standard InChI is InChI=1S/C17H22N4O3/c1-12-7-10-21(19-12)14-5-3-13(4-6-14)15(22)20-9-2-8-17(24,11-20)16(18)23/h3-6,24H,2,7-11H2,1H3,(H2,18,23). The Kier molecular flexibility index (Phi) is 4.28. The number of rotatable bonds is 3. The van der Waals surface area contributed by atoms with Crippen molar-refractivity contribution in [1.82, 2.24) is 4.90 Å². The van der Waals surface area contributed by atoms with Gasteiger partial charge in [0, 0.05) is 30.8 Å². The minimum atomic E-state index is -1.63. The second-order valence-corrected chi connectivity index (χ2v) is 6.48. The number of likely N-dealkylation sites (tertiary alicyclic amines) is 1. The summed E-state index contributed by atoms with van der Waals surface area (Å²) in [5.41, 5.74) is 6.18. The zero-order valence-corrected chi connectivity index (χ0v) is 13.7. The van der Waals surface area contributed by atoms with Crippen molar-refractivity contribution in [3.05, 3.63) is 29.8 Å². The van der Waals surface area contributed by atoms with Gasteiger partial charge in [0.05, 0.1) is 12.2 Å². The zero-order valence-electron chi connectivity index (χ0n) is 13.7. The molecule has 1 saturated heterocycles. The van der Waals surface area contributed by atoms with Crippen LogP contribution in [-0.4, -0.2) is 52.8 Å². The number of hydrogen-bond acceptors (Lipinski definition) is 5. The number of primary amides is 1. The molecule has 0 spiro atoms. The van der Waals surface area contributed by atoms with Gasteiger partial charge in [-0.25, -0.2) is 0 Å². The third-order valence-electron chi connectivity index (χ3n) is 4.61. The van der Waals surface area contributed by atoms with Gasteiger partial charge in [0.25, 0.3) is 11.8 Å². The van der Waals surface area contributed by atoms with Crippen LogP contribution >= 0.6 is 0 Å². The number of nitrogens with two attached hydrogens (primary N) is 1. The van der Waals surface area contributed by atoms with Crippen LogP contribution in [0.3, 0.4) is 0 Å². The molecule has 0 bridgehead atoms. The third kappa shape index (κ3) is 3.12. The molecule has 2 aliphatic heterocycles. The fourth-order valence-corrected chi connectivity index (χ4v) is 3.13. The van der Waals surface area contributed by atoms with Crippen LogP contribution in [0, 0.1) is 0 Å². The molecule has 3 rings (SSSR count). The van der Waals surface area contributed by atoms with E-state index in [2.05, 4.69) is 5.10 Å². The molecular formula is C17H22N4O3. The van der Waals surface area contributed by atoms with Crippen LogP contribution in [0.4, 0.5) is 5.69 Å². The fourth-order valence-electron chi connectivity index (χ4n) is 3.13. The number of piperidine rings is 1. The van der Waals surface area contributed by atoms with Crippen molar-refractivity contribution >= 4 is 23.2 Å². The van der Waals surface area contributed by atoms with Gasteiger partial charge in [-0.1, -0.05) is 0 Å². The van der Waals surface area contributed by atoms with E-state index >= 15 is 0 Å². The topological polar surface area (TPSA) is 99.2 Å². The number of benzene rings is 1. The van der Waals surface area contributed by atoms with E-state index < -0.39 is 11.5 Å². The van der Waals surface area contributed by atoms with E-state index in [1.807, 2.05) is 24.1 Å². The molecule has 1 unspecified atom stereocenters. The first-order chi connectivity index (χ1) is 11.4. The second kappa shape index (κ2) is 6.24. The predicted molar refractivity (Wildman–Crippen MR) is 90.8 cm³/mol. The van der Waals surface area contributed by atoms with Crippen LogP contribution < -0.4 is 10.7 Å². The largest absolute Gasteiger partial charge is 0.378 e. The first-order valence-electron chi connectivity index (χ1n) is 8.12. The Hall–Kier alpha value is -2.41. The molecule has 1 aromatic carbocycles. The van der Waals surface area contributed by atoms with Crippen molar-refractivity contribution in [2.75, 3.05) is 24.6 Å². The molecule has 0 aromatic heterocycles. The average molecular weight is 330 g/mol. The summed E-state index contributed by atoms with van der Waals surface area (Å²) in [5.74, 6) is -0.986. The van der Waals surface area contributed by atoms with Crippen molar-refractivity contribution < 1.29 is 14.7 Å². The lowest BCUT2D eigenvalue weighted by Crippen LogP contribution is -2.57. The molecule has 1 aromatic rings. The van der Waals surface area contributed by atoms with Crippen LogP contribution in [-0.2, 0) is 4.79 Å². The highest BCUT2D eigenvalue weighted by Crippen LogP contribution is 2.24. The van der Waals surface area contributed by atoms with E-state index in [1.165, 1.54) is 4.90 Å². The first-order valence-corrected chi connectivity index (χ1v) is 8.12. The van der Waals surface area contributed by atoms with E-state index in [-0.39, 0.29) is 18.9 Å². The van der Waals surface area contributed by atoms with Gasteiger partial charge >= 0.3 is 0 Å². The van der Waals surface area contributed by atoms with Crippen molar-refractivity contribution in [1.29, 1.82) is 0 Å². The Bertz CT molecular complexity index is 686. The number of hydrazone groups is 1. The van der Waals surface area contributed by atoms with Crippen LogP contribution in [0.25, 0.3) is 0 Å². The SMILES string of the molecule is CC1=NN(c2ccc(C(=O)N3CCCC(O)(C(N)=O)C3)cc2)CC1. The quantitative estimate of drug-likeness (QED) is 0.853. The van der Waals surface area contributed by atoms with E-state index in [9.17, 15) is 14.7 Å². The lowest BCUT2D eigenvalue weighted by atomic mass is 9.92. The molecule has 1 fully saturated rings. The molecule has 0 radical (unpaired) electrons. The minimum absolute atomic E-state index is 0.0570. The van der Waals surface area contributed by atoms with Crippen LogP contribution in [0.15, 0.2) is 29.4 Å². The van der Waals surface area contributed by atoms with Gasteiger partial charge in [-0.3, -0.25) is 14.6 Å². The Morgan fingerprint density at radius 1 is 1.25 bits per heavy atom. The smallest absolute Gasteiger partial charge is 0.253 e. The normalized spacial score (nSPS) is 24.0. The zero-order chi connectivity index (χ0) is 17.3. The molecule has 0 saturated carbocycles. The Balaban J connectivity index is 1.72. The Morgan fingerprint density at radius 3 is 2.54 bits per heavy atom. The van der Waals surface area contributed by atoms with Crippen molar-refractivity contribution in [3.63, 3.8) is 0 Å². The van der Waals surface area contributed by atoms with Crippen LogP contribution in [0.1, 0.15) is 36.5 Å². The highest BCUT2D eigenvalue weighted by molar-refractivity contribution is 5.95. The summed E-state index contributed by atoms with van der Waals surface area (Å²) in [6.45, 7) is 3.29. The molecule has 7 heteroatoms. The molecule has 2 aliphatic rings. The summed E-state index contributed by atoms with van der Waals surface area (Å²) < 4.78 is 0. The van der Waals surface area contributed by atoms with Gasteiger partial charge in [0.15, 0.2) is 5.60 Å². The van der Waals surface area contributed by atoms with E-state index in [0.29, 0.717) is 18.5 Å². The average Bonchev–Trinajstić information content (AvgIpc) is 3.01. The molecule has 128 valence electrons. The Morgan fingerprint density at radius 2 is 1.96 bits per heavy atom. The van der Waals surface area contributed by atoms with Crippen molar-refractivity contribution in [2.45, 2.75) is 31.8 Å². The molecule has 0 aliphatic carbocycles. The fraction of sp³-hybridized carbons (Fsp3) is 0.471. The summed E-state index contributed by atoms with van der Waals surface area (Å²) in [6.07, 6.45) is 1.78. The number of β-amino-alcohol motifs (C(OH)–C–C–N with tert-alkyl or cyclic N) is 1. The van der Waals surface area contributed by atoms with Gasteiger partial charge in [0.2, 0.25) is 0 Å². The van der Waals surface area contributed by atoms with Crippen molar-refractivity contribution in [3.8, 4) is 0 Å². The maximum Gasteiger partial charge on any atom is 0.253 e. The number of carbonyl (C=O) groups excluding carboxylic acids is 2. The third-order valence-corrected chi connectivity index (χ3v) is 4.61. The van der Waals surface area contributed by atoms with Gasteiger partial charge in [-0.05, 0) is 44.0 Å². The van der Waals surface area contributed by atoms with E-state index in [0.717, 1.165) is 24.4 Å². The lowest BCUT2D eigenvalue weighted by Gasteiger charge is -2.37. The number of aliphatic hydroxyl groups is 1. The summed E-state index contributed by atoms with van der Waals surface area (Å²) in [6, 6.07) is 7.22. The van der Waals surface area contributed by atoms with Crippen LogP contribution in [0.2, 0.25) is 0 Å². The van der Waals surface area contributed by atoms with Crippen LogP contribution in [0.5, 0.6) is 0 Å². The highest BCUT2D eigenvalue weighted by Gasteiger charge is 2.40. The lowest BCUT2D eigenvalue weighted by molar-refractivity contribution is -0.140. The number of nitrogens with zero attached hydrogens (tertiary/aromatic N) is 3. The minimum Gasteiger partial charge on any atom is -0.378 e. The molecular weight excluding hydrogens is 308 g/mol. The van der Waals surface area contributed by atoms with Crippen molar-refractivity contribution in [2.24, 2.45) is 10.8 Å². The number of amides is 2. The summed E-state index contributed by atoms with van der Waals surface area (Å²) in [5, 5.41) is 16.6. The molecule has 2 heterocycles. The summed E-state index contributed by atoms with van der Waals surface area (Å²) in [4.78, 5) is 25.5. The molecule has 24 heavy (non-hydrogen) atoms. The number of hydrogen-bond donors (Lipinski definition) is 2. The summed E-state index contributed by atoms with van der Waals surface area (Å²) >= 11 is 0. The first kappa shape index (κ1) is 16.4.